The molecule has 0 saturated carbocycles. The van der Waals surface area contributed by atoms with Crippen molar-refractivity contribution in [1.29, 1.82) is 0 Å². The number of ketones is 1. The van der Waals surface area contributed by atoms with Crippen LogP contribution in [0.4, 0.5) is 0 Å². The van der Waals surface area contributed by atoms with Gasteiger partial charge in [-0.3, -0.25) is 9.59 Å². The zero-order valence-corrected chi connectivity index (χ0v) is 18.6. The third-order valence-corrected chi connectivity index (χ3v) is 7.84. The highest BCUT2D eigenvalue weighted by Gasteiger charge is 2.36. The highest BCUT2D eigenvalue weighted by atomic mass is 32.2. The molecule has 2 rings (SSSR count). The van der Waals surface area contributed by atoms with Gasteiger partial charge >= 0.3 is 0 Å². The van der Waals surface area contributed by atoms with Gasteiger partial charge in [-0.15, -0.1) is 11.8 Å². The van der Waals surface area contributed by atoms with Crippen LogP contribution in [0.3, 0.4) is 0 Å². The van der Waals surface area contributed by atoms with Crippen LogP contribution in [-0.4, -0.2) is 61.5 Å². The van der Waals surface area contributed by atoms with Crippen molar-refractivity contribution in [2.75, 3.05) is 24.4 Å². The van der Waals surface area contributed by atoms with Crippen LogP contribution < -0.4 is 4.74 Å². The molecule has 1 heterocycles. The molecule has 0 spiro atoms. The van der Waals surface area contributed by atoms with Gasteiger partial charge in [-0.25, -0.2) is 8.42 Å². The Morgan fingerprint density at radius 3 is 2.61 bits per heavy atom. The lowest BCUT2D eigenvalue weighted by molar-refractivity contribution is -0.132. The van der Waals surface area contributed by atoms with Crippen LogP contribution in [0.15, 0.2) is 18.2 Å². The molecule has 1 aromatic rings. The largest absolute Gasteiger partial charge is 0.496 e. The Morgan fingerprint density at radius 1 is 1.36 bits per heavy atom. The molecule has 1 saturated heterocycles. The molecule has 2 atom stereocenters. The van der Waals surface area contributed by atoms with Gasteiger partial charge in [-0.2, -0.15) is 0 Å². The van der Waals surface area contributed by atoms with Crippen LogP contribution in [0.1, 0.15) is 49.5 Å². The van der Waals surface area contributed by atoms with Crippen LogP contribution in [-0.2, 0) is 20.4 Å². The number of rotatable bonds is 9. The molecule has 28 heavy (non-hydrogen) atoms. The van der Waals surface area contributed by atoms with E-state index < -0.39 is 9.84 Å². The Hall–Kier alpha value is -1.54. The van der Waals surface area contributed by atoms with E-state index in [4.69, 9.17) is 4.74 Å². The van der Waals surface area contributed by atoms with Gasteiger partial charge in [0.2, 0.25) is 5.91 Å². The van der Waals surface area contributed by atoms with Crippen LogP contribution in [0, 0.1) is 0 Å². The molecule has 8 heteroatoms. The summed E-state index contributed by atoms with van der Waals surface area (Å²) in [5.41, 5.74) is 1.48. The van der Waals surface area contributed by atoms with E-state index in [-0.39, 0.29) is 41.0 Å². The molecule has 1 amide bonds. The van der Waals surface area contributed by atoms with E-state index in [9.17, 15) is 18.0 Å². The van der Waals surface area contributed by atoms with Gasteiger partial charge in [0.25, 0.3) is 0 Å². The number of nitrogens with zero attached hydrogens (tertiary/aromatic N) is 1. The predicted octanol–water partition coefficient (Wildman–Crippen LogP) is 2.95. The number of benzene rings is 1. The highest BCUT2D eigenvalue weighted by molar-refractivity contribution is 7.99. The fraction of sp³-hybridized carbons (Fsp3) is 0.600. The summed E-state index contributed by atoms with van der Waals surface area (Å²) in [5.74, 6) is 1.63. The Bertz CT molecular complexity index is 822. The molecular formula is C20H29NO5S2. The SMILES string of the molecule is CC[C@H](C)N(C(=O)CSCc1cc(C(C)=O)ccc1OC)[C@H]1CCS(=O)(=O)C1. The van der Waals surface area contributed by atoms with Crippen LogP contribution >= 0.6 is 11.8 Å². The van der Waals surface area contributed by atoms with Crippen molar-refractivity contribution in [2.45, 2.75) is 51.4 Å². The lowest BCUT2D eigenvalue weighted by Crippen LogP contribution is -2.47. The van der Waals surface area contributed by atoms with E-state index in [0.717, 1.165) is 12.0 Å². The van der Waals surface area contributed by atoms with Crippen molar-refractivity contribution in [3.05, 3.63) is 29.3 Å². The lowest BCUT2D eigenvalue weighted by atomic mass is 10.1. The van der Waals surface area contributed by atoms with Gasteiger partial charge in [-0.1, -0.05) is 6.92 Å². The normalized spacial score (nSPS) is 19.2. The van der Waals surface area contributed by atoms with Gasteiger partial charge in [0, 0.05) is 29.0 Å². The Morgan fingerprint density at radius 2 is 2.07 bits per heavy atom. The van der Waals surface area contributed by atoms with Gasteiger partial charge in [0.1, 0.15) is 5.75 Å². The number of hydrogen-bond acceptors (Lipinski definition) is 6. The van der Waals surface area contributed by atoms with Crippen molar-refractivity contribution in [3.63, 3.8) is 0 Å². The third kappa shape index (κ3) is 5.73. The van der Waals surface area contributed by atoms with Gasteiger partial charge in [0.15, 0.2) is 15.6 Å². The minimum atomic E-state index is -3.05. The molecule has 0 aromatic heterocycles. The number of carbonyl (C=O) groups excluding carboxylic acids is 2. The molecule has 1 fully saturated rings. The van der Waals surface area contributed by atoms with Gasteiger partial charge in [-0.05, 0) is 44.9 Å². The van der Waals surface area contributed by atoms with Crippen molar-refractivity contribution in [3.8, 4) is 5.75 Å². The van der Waals surface area contributed by atoms with Crippen LogP contribution in [0.25, 0.3) is 0 Å². The quantitative estimate of drug-likeness (QED) is 0.564. The van der Waals surface area contributed by atoms with Crippen molar-refractivity contribution in [1.82, 2.24) is 4.90 Å². The number of hydrogen-bond donors (Lipinski definition) is 0. The van der Waals surface area contributed by atoms with Gasteiger partial charge in [0.05, 0.1) is 24.4 Å². The number of amides is 1. The fourth-order valence-corrected chi connectivity index (χ4v) is 6.02. The predicted molar refractivity (Wildman–Crippen MR) is 113 cm³/mol. The maximum atomic E-state index is 12.9. The van der Waals surface area contributed by atoms with Gasteiger partial charge < -0.3 is 9.64 Å². The first-order valence-corrected chi connectivity index (χ1v) is 12.4. The first kappa shape index (κ1) is 22.7. The number of thioether (sulfide) groups is 1. The zero-order chi connectivity index (χ0) is 20.9. The second kappa shape index (κ2) is 9.78. The average molecular weight is 428 g/mol. The fourth-order valence-electron chi connectivity index (χ4n) is 3.43. The lowest BCUT2D eigenvalue weighted by Gasteiger charge is -2.33. The maximum absolute atomic E-state index is 12.9. The monoisotopic (exact) mass is 427 g/mol. The molecule has 0 aliphatic carbocycles. The zero-order valence-electron chi connectivity index (χ0n) is 16.9. The third-order valence-electron chi connectivity index (χ3n) is 5.13. The number of carbonyl (C=O) groups is 2. The highest BCUT2D eigenvalue weighted by Crippen LogP contribution is 2.27. The Labute approximate surface area is 171 Å². The Balaban J connectivity index is 2.05. The van der Waals surface area contributed by atoms with E-state index in [2.05, 4.69) is 0 Å². The standard InChI is InChI=1S/C20H29NO5S2/c1-5-14(2)21(18-8-9-28(24,25)13-18)20(23)12-27-11-17-10-16(15(3)22)6-7-19(17)26-4/h6-7,10,14,18H,5,8-9,11-13H2,1-4H3/t14-,18-/m0/s1. The number of sulfone groups is 1. The van der Waals surface area contributed by atoms with Crippen molar-refractivity contribution in [2.24, 2.45) is 0 Å². The van der Waals surface area contributed by atoms with Crippen LogP contribution in [0.2, 0.25) is 0 Å². The second-order valence-electron chi connectivity index (χ2n) is 7.19. The molecule has 1 aliphatic heterocycles. The molecule has 1 aliphatic rings. The topological polar surface area (TPSA) is 80.8 Å². The van der Waals surface area contributed by atoms with E-state index in [1.165, 1.54) is 18.7 Å². The van der Waals surface area contributed by atoms with Crippen molar-refractivity contribution >= 4 is 33.3 Å². The summed E-state index contributed by atoms with van der Waals surface area (Å²) in [7, 11) is -1.47. The summed E-state index contributed by atoms with van der Waals surface area (Å²) in [6.45, 7) is 5.48. The Kier molecular flexibility index (Phi) is 7.95. The van der Waals surface area contributed by atoms with Crippen LogP contribution in [0.5, 0.6) is 5.75 Å². The van der Waals surface area contributed by atoms with E-state index in [1.807, 2.05) is 13.8 Å². The molecule has 0 bridgehead atoms. The minimum Gasteiger partial charge on any atom is -0.496 e. The average Bonchev–Trinajstić information content (AvgIpc) is 3.00. The summed E-state index contributed by atoms with van der Waals surface area (Å²) in [6.07, 6.45) is 1.29. The smallest absolute Gasteiger partial charge is 0.233 e. The van der Waals surface area contributed by atoms with Crippen molar-refractivity contribution < 1.29 is 22.7 Å². The summed E-state index contributed by atoms with van der Waals surface area (Å²) in [6, 6.07) is 5.06. The summed E-state index contributed by atoms with van der Waals surface area (Å²) in [5, 5.41) is 0. The number of ether oxygens (including phenoxy) is 1. The van der Waals surface area contributed by atoms with E-state index in [1.54, 1.807) is 30.2 Å². The molecule has 0 radical (unpaired) electrons. The molecule has 6 nitrogen and oxygen atoms in total. The summed E-state index contributed by atoms with van der Waals surface area (Å²) < 4.78 is 29.1. The molecule has 156 valence electrons. The van der Waals surface area contributed by atoms with E-state index >= 15 is 0 Å². The summed E-state index contributed by atoms with van der Waals surface area (Å²) in [4.78, 5) is 26.3. The first-order chi connectivity index (χ1) is 13.2. The maximum Gasteiger partial charge on any atom is 0.233 e. The second-order valence-corrected chi connectivity index (χ2v) is 10.4. The molecular weight excluding hydrogens is 398 g/mol. The molecule has 1 aromatic carbocycles. The first-order valence-electron chi connectivity index (χ1n) is 9.45. The number of methoxy groups -OCH3 is 1. The molecule has 0 N–H and O–H groups in total. The number of Topliss-reactive ketones (excluding diaryl/α,β-unsaturated/α-hetero) is 1. The van der Waals surface area contributed by atoms with E-state index in [0.29, 0.717) is 23.5 Å². The summed E-state index contributed by atoms with van der Waals surface area (Å²) >= 11 is 1.45. The molecule has 0 unspecified atom stereocenters. The minimum absolute atomic E-state index is 0.00183.